The summed E-state index contributed by atoms with van der Waals surface area (Å²) >= 11 is 0. The minimum atomic E-state index is 0.363. The van der Waals surface area contributed by atoms with Crippen LogP contribution < -0.4 is 5.73 Å². The van der Waals surface area contributed by atoms with Crippen LogP contribution in [0.15, 0.2) is 0 Å². The molecule has 2 heterocycles. The molecule has 1 aliphatic rings. The van der Waals surface area contributed by atoms with E-state index in [9.17, 15) is 0 Å². The molecule has 17 heavy (non-hydrogen) atoms. The molecule has 1 fully saturated rings. The van der Waals surface area contributed by atoms with Crippen LogP contribution in [0.25, 0.3) is 0 Å². The number of aryl methyl sites for hydroxylation is 2. The lowest BCUT2D eigenvalue weighted by Gasteiger charge is -2.32. The molecule has 96 valence electrons. The van der Waals surface area contributed by atoms with Gasteiger partial charge in [-0.15, -0.1) is 0 Å². The normalized spacial score (nSPS) is 21.9. The van der Waals surface area contributed by atoms with Gasteiger partial charge in [0.2, 0.25) is 0 Å². The summed E-state index contributed by atoms with van der Waals surface area (Å²) in [6.07, 6.45) is 1.43. The van der Waals surface area contributed by atoms with E-state index in [4.69, 9.17) is 10.5 Å². The summed E-state index contributed by atoms with van der Waals surface area (Å²) in [5, 5.41) is 4.35. The highest BCUT2D eigenvalue weighted by atomic mass is 16.5. The van der Waals surface area contributed by atoms with Gasteiger partial charge in [-0.2, -0.15) is 5.10 Å². The van der Waals surface area contributed by atoms with Crippen LogP contribution in [0.3, 0.4) is 0 Å². The van der Waals surface area contributed by atoms with Crippen LogP contribution in [0.4, 0.5) is 5.82 Å². The SMILES string of the molecule is CCC1CN(Cc2c(C)nn(C)c2N)CCO1. The maximum atomic E-state index is 6.03. The molecule has 0 aliphatic carbocycles. The lowest BCUT2D eigenvalue weighted by atomic mass is 10.2. The Labute approximate surface area is 103 Å². The number of ether oxygens (including phenoxy) is 1. The Balaban J connectivity index is 2.05. The first-order valence-corrected chi connectivity index (χ1v) is 6.23. The quantitative estimate of drug-likeness (QED) is 0.851. The van der Waals surface area contributed by atoms with Gasteiger partial charge in [0, 0.05) is 32.2 Å². The Kier molecular flexibility index (Phi) is 3.69. The monoisotopic (exact) mass is 238 g/mol. The van der Waals surface area contributed by atoms with Crippen LogP contribution in [-0.2, 0) is 18.3 Å². The fraction of sp³-hybridized carbons (Fsp3) is 0.750. The largest absolute Gasteiger partial charge is 0.384 e. The van der Waals surface area contributed by atoms with Crippen molar-refractivity contribution in [1.82, 2.24) is 14.7 Å². The number of nitrogen functional groups attached to an aromatic ring is 1. The maximum Gasteiger partial charge on any atom is 0.126 e. The molecule has 2 rings (SSSR count). The molecule has 5 heteroatoms. The fourth-order valence-electron chi connectivity index (χ4n) is 2.31. The van der Waals surface area contributed by atoms with Crippen molar-refractivity contribution in [3.05, 3.63) is 11.3 Å². The van der Waals surface area contributed by atoms with E-state index in [1.807, 2.05) is 14.0 Å². The van der Waals surface area contributed by atoms with Gasteiger partial charge in [0.25, 0.3) is 0 Å². The first kappa shape index (κ1) is 12.4. The molecule has 1 aliphatic heterocycles. The first-order chi connectivity index (χ1) is 8.11. The molecule has 5 nitrogen and oxygen atoms in total. The van der Waals surface area contributed by atoms with Gasteiger partial charge in [0.05, 0.1) is 18.4 Å². The molecule has 0 spiro atoms. The number of aromatic nitrogens is 2. The first-order valence-electron chi connectivity index (χ1n) is 6.23. The highest BCUT2D eigenvalue weighted by Crippen LogP contribution is 2.19. The minimum Gasteiger partial charge on any atom is -0.384 e. The van der Waals surface area contributed by atoms with Crippen molar-refractivity contribution in [3.63, 3.8) is 0 Å². The summed E-state index contributed by atoms with van der Waals surface area (Å²) in [6.45, 7) is 7.85. The van der Waals surface area contributed by atoms with E-state index in [0.29, 0.717) is 6.10 Å². The molecule has 1 aromatic heterocycles. The zero-order valence-corrected chi connectivity index (χ0v) is 10.9. The van der Waals surface area contributed by atoms with Gasteiger partial charge in [-0.05, 0) is 13.3 Å². The predicted molar refractivity (Wildman–Crippen MR) is 67.7 cm³/mol. The molecular weight excluding hydrogens is 216 g/mol. The van der Waals surface area contributed by atoms with Crippen molar-refractivity contribution in [2.24, 2.45) is 7.05 Å². The van der Waals surface area contributed by atoms with Crippen molar-refractivity contribution in [1.29, 1.82) is 0 Å². The van der Waals surface area contributed by atoms with Crippen LogP contribution in [0.5, 0.6) is 0 Å². The third-order valence-electron chi connectivity index (χ3n) is 3.45. The topological polar surface area (TPSA) is 56.3 Å². The van der Waals surface area contributed by atoms with Crippen LogP contribution >= 0.6 is 0 Å². The van der Waals surface area contributed by atoms with E-state index < -0.39 is 0 Å². The lowest BCUT2D eigenvalue weighted by molar-refractivity contribution is -0.0324. The summed E-state index contributed by atoms with van der Waals surface area (Å²) in [6, 6.07) is 0. The van der Waals surface area contributed by atoms with Crippen LogP contribution in [0.1, 0.15) is 24.6 Å². The highest BCUT2D eigenvalue weighted by molar-refractivity contribution is 5.42. The summed E-state index contributed by atoms with van der Waals surface area (Å²) in [4.78, 5) is 2.40. The summed E-state index contributed by atoms with van der Waals surface area (Å²) < 4.78 is 7.42. The number of hydrogen-bond donors (Lipinski definition) is 1. The smallest absolute Gasteiger partial charge is 0.126 e. The van der Waals surface area contributed by atoms with E-state index in [1.54, 1.807) is 4.68 Å². The molecule has 0 saturated carbocycles. The average Bonchev–Trinajstić information content (AvgIpc) is 2.56. The predicted octanol–water partition coefficient (Wildman–Crippen LogP) is 0.922. The molecular formula is C12H22N4O. The molecule has 2 N–H and O–H groups in total. The van der Waals surface area contributed by atoms with Gasteiger partial charge in [0.1, 0.15) is 5.82 Å². The van der Waals surface area contributed by atoms with E-state index in [0.717, 1.165) is 49.7 Å². The van der Waals surface area contributed by atoms with Crippen molar-refractivity contribution < 1.29 is 4.74 Å². The van der Waals surface area contributed by atoms with Gasteiger partial charge in [0.15, 0.2) is 0 Å². The number of nitrogens with two attached hydrogens (primary N) is 1. The Hall–Kier alpha value is -1.07. The standard InChI is InChI=1S/C12H22N4O/c1-4-10-7-16(5-6-17-10)8-11-9(2)14-15(3)12(11)13/h10H,4-8,13H2,1-3H3. The molecule has 1 atom stereocenters. The zero-order chi connectivity index (χ0) is 12.4. The zero-order valence-electron chi connectivity index (χ0n) is 10.9. The minimum absolute atomic E-state index is 0.363. The Bertz CT molecular complexity index is 388. The summed E-state index contributed by atoms with van der Waals surface area (Å²) in [7, 11) is 1.89. The van der Waals surface area contributed by atoms with Gasteiger partial charge >= 0.3 is 0 Å². The van der Waals surface area contributed by atoms with Gasteiger partial charge in [-0.3, -0.25) is 9.58 Å². The molecule has 1 unspecified atom stereocenters. The number of nitrogens with zero attached hydrogens (tertiary/aromatic N) is 3. The third kappa shape index (κ3) is 2.61. The van der Waals surface area contributed by atoms with Crippen molar-refractivity contribution >= 4 is 5.82 Å². The van der Waals surface area contributed by atoms with Gasteiger partial charge < -0.3 is 10.5 Å². The van der Waals surface area contributed by atoms with Crippen molar-refractivity contribution in [2.75, 3.05) is 25.4 Å². The molecule has 0 bridgehead atoms. The van der Waals surface area contributed by atoms with E-state index in [-0.39, 0.29) is 0 Å². The second-order valence-electron chi connectivity index (χ2n) is 4.71. The van der Waals surface area contributed by atoms with Gasteiger partial charge in [-0.1, -0.05) is 6.92 Å². The van der Waals surface area contributed by atoms with E-state index in [2.05, 4.69) is 16.9 Å². The van der Waals surface area contributed by atoms with Crippen molar-refractivity contribution in [2.45, 2.75) is 32.9 Å². The number of morpholine rings is 1. The van der Waals surface area contributed by atoms with Crippen LogP contribution in [-0.4, -0.2) is 40.5 Å². The lowest BCUT2D eigenvalue weighted by Crippen LogP contribution is -2.41. The third-order valence-corrected chi connectivity index (χ3v) is 3.45. The van der Waals surface area contributed by atoms with E-state index >= 15 is 0 Å². The fourth-order valence-corrected chi connectivity index (χ4v) is 2.31. The second-order valence-corrected chi connectivity index (χ2v) is 4.71. The molecule has 0 radical (unpaired) electrons. The Morgan fingerprint density at radius 2 is 2.29 bits per heavy atom. The number of rotatable bonds is 3. The summed E-state index contributed by atoms with van der Waals surface area (Å²) in [5.74, 6) is 0.780. The molecule has 1 aromatic rings. The average molecular weight is 238 g/mol. The Morgan fingerprint density at radius 3 is 2.88 bits per heavy atom. The molecule has 0 aromatic carbocycles. The second kappa shape index (κ2) is 5.06. The van der Waals surface area contributed by atoms with Crippen LogP contribution in [0, 0.1) is 6.92 Å². The van der Waals surface area contributed by atoms with Gasteiger partial charge in [-0.25, -0.2) is 0 Å². The Morgan fingerprint density at radius 1 is 1.53 bits per heavy atom. The maximum absolute atomic E-state index is 6.03. The van der Waals surface area contributed by atoms with E-state index in [1.165, 1.54) is 0 Å². The van der Waals surface area contributed by atoms with Crippen LogP contribution in [0.2, 0.25) is 0 Å². The van der Waals surface area contributed by atoms with Crippen molar-refractivity contribution in [3.8, 4) is 0 Å². The molecule has 1 saturated heterocycles. The number of anilines is 1. The highest BCUT2D eigenvalue weighted by Gasteiger charge is 2.21. The summed E-state index contributed by atoms with van der Waals surface area (Å²) in [5.41, 5.74) is 8.22. The molecule has 0 amide bonds. The number of hydrogen-bond acceptors (Lipinski definition) is 4.